The van der Waals surface area contributed by atoms with Crippen molar-refractivity contribution >= 4 is 17.3 Å². The van der Waals surface area contributed by atoms with Gasteiger partial charge in [0.15, 0.2) is 0 Å². The van der Waals surface area contributed by atoms with Crippen LogP contribution >= 0.6 is 0 Å². The van der Waals surface area contributed by atoms with Crippen LogP contribution in [0.1, 0.15) is 38.8 Å². The second kappa shape index (κ2) is 10.5. The van der Waals surface area contributed by atoms with Crippen molar-refractivity contribution in [3.8, 4) is 22.9 Å². The highest BCUT2D eigenvalue weighted by molar-refractivity contribution is 5.85. The minimum atomic E-state index is -0.981. The monoisotopic (exact) mass is 526 g/mol. The van der Waals surface area contributed by atoms with Gasteiger partial charge in [-0.2, -0.15) is 10.4 Å². The summed E-state index contributed by atoms with van der Waals surface area (Å²) < 4.78 is 7.49. The van der Waals surface area contributed by atoms with Crippen molar-refractivity contribution in [3.63, 3.8) is 0 Å². The molecular weight excluding hydrogens is 492 g/mol. The van der Waals surface area contributed by atoms with E-state index >= 15 is 0 Å². The molecule has 0 radical (unpaired) electrons. The first-order valence-corrected chi connectivity index (χ1v) is 13.1. The molecule has 0 saturated carbocycles. The minimum Gasteiger partial charge on any atom is -0.489 e. The molecule has 3 atom stereocenters. The number of aromatic nitrogens is 5. The van der Waals surface area contributed by atoms with Crippen LogP contribution in [0.3, 0.4) is 0 Å². The fourth-order valence-electron chi connectivity index (χ4n) is 5.12. The Bertz CT molecular complexity index is 1470. The summed E-state index contributed by atoms with van der Waals surface area (Å²) in [6.45, 7) is 11.7. The van der Waals surface area contributed by atoms with Crippen molar-refractivity contribution in [2.45, 2.75) is 46.3 Å². The molecule has 1 saturated heterocycles. The van der Waals surface area contributed by atoms with Gasteiger partial charge in [-0.3, -0.25) is 0 Å². The molecule has 1 fully saturated rings. The fraction of sp³-hybridized carbons (Fsp3) is 0.414. The van der Waals surface area contributed by atoms with Gasteiger partial charge >= 0.3 is 0 Å². The standard InChI is InChI=1S/C29H34N8O2/c1-18-10-32-28(33-11-18)35-26-19(2)14-36(15-20(26)3)25-7-6-21(12-31-25)24-8-23(39-17-29(4,5)38)16-37-27(24)22(9-30)13-34-37/h6-8,10-13,16,19-20,26,38H,14-15,17H2,1-5H3,(H,32,33,35)/t19-,20+,26?. The average molecular weight is 527 g/mol. The Morgan fingerprint density at radius 3 is 2.44 bits per heavy atom. The summed E-state index contributed by atoms with van der Waals surface area (Å²) in [4.78, 5) is 16.0. The van der Waals surface area contributed by atoms with Crippen molar-refractivity contribution in [1.29, 1.82) is 5.26 Å². The summed E-state index contributed by atoms with van der Waals surface area (Å²) in [5.41, 5.74) is 2.86. The molecule has 1 unspecified atom stereocenters. The van der Waals surface area contributed by atoms with Crippen molar-refractivity contribution in [1.82, 2.24) is 24.6 Å². The largest absolute Gasteiger partial charge is 0.489 e. The summed E-state index contributed by atoms with van der Waals surface area (Å²) in [7, 11) is 0. The topological polar surface area (TPSA) is 124 Å². The number of piperidine rings is 1. The zero-order chi connectivity index (χ0) is 27.7. The Kier molecular flexibility index (Phi) is 7.10. The lowest BCUT2D eigenvalue weighted by molar-refractivity contribution is 0.0283. The number of hydrogen-bond donors (Lipinski definition) is 2. The van der Waals surface area contributed by atoms with E-state index in [1.165, 1.54) is 0 Å². The molecule has 4 aromatic rings. The lowest BCUT2D eigenvalue weighted by Gasteiger charge is -2.42. The van der Waals surface area contributed by atoms with E-state index in [1.807, 2.05) is 43.7 Å². The molecule has 0 aliphatic carbocycles. The number of nitriles is 1. The number of nitrogens with one attached hydrogen (secondary N) is 1. The van der Waals surface area contributed by atoms with Gasteiger partial charge in [-0.25, -0.2) is 19.5 Å². The number of hydrogen-bond acceptors (Lipinski definition) is 9. The Labute approximate surface area is 228 Å². The first kappa shape index (κ1) is 26.4. The normalized spacial score (nSPS) is 19.6. The van der Waals surface area contributed by atoms with Gasteiger partial charge in [-0.05, 0) is 56.4 Å². The van der Waals surface area contributed by atoms with E-state index in [1.54, 1.807) is 30.8 Å². The Morgan fingerprint density at radius 2 is 1.82 bits per heavy atom. The van der Waals surface area contributed by atoms with E-state index in [4.69, 9.17) is 9.72 Å². The van der Waals surface area contributed by atoms with Gasteiger partial charge in [0.2, 0.25) is 5.95 Å². The molecule has 4 aromatic heterocycles. The molecule has 10 nitrogen and oxygen atoms in total. The second-order valence-electron chi connectivity index (χ2n) is 11.2. The van der Waals surface area contributed by atoms with Gasteiger partial charge in [0, 0.05) is 48.8 Å². The van der Waals surface area contributed by atoms with Crippen LogP contribution in [-0.4, -0.2) is 61.0 Å². The van der Waals surface area contributed by atoms with Crippen LogP contribution in [0.5, 0.6) is 5.75 Å². The molecule has 1 aliphatic heterocycles. The third kappa shape index (κ3) is 5.78. The van der Waals surface area contributed by atoms with E-state index < -0.39 is 5.60 Å². The van der Waals surface area contributed by atoms with E-state index in [9.17, 15) is 10.4 Å². The number of nitrogens with zero attached hydrogens (tertiary/aromatic N) is 7. The second-order valence-corrected chi connectivity index (χ2v) is 11.2. The van der Waals surface area contributed by atoms with Crippen molar-refractivity contribution in [2.24, 2.45) is 11.8 Å². The van der Waals surface area contributed by atoms with Crippen LogP contribution in [-0.2, 0) is 0 Å². The number of ether oxygens (including phenoxy) is 1. The van der Waals surface area contributed by atoms with Gasteiger partial charge in [0.25, 0.3) is 0 Å². The summed E-state index contributed by atoms with van der Waals surface area (Å²) in [6.07, 6.45) is 8.76. The number of fused-ring (bicyclic) bond motifs is 1. The van der Waals surface area contributed by atoms with Gasteiger partial charge in [-0.15, -0.1) is 0 Å². The van der Waals surface area contributed by atoms with E-state index in [0.29, 0.717) is 34.6 Å². The van der Waals surface area contributed by atoms with E-state index in [2.05, 4.69) is 45.2 Å². The number of anilines is 2. The molecule has 0 aromatic carbocycles. The predicted octanol–water partition coefficient (Wildman–Crippen LogP) is 4.09. The summed E-state index contributed by atoms with van der Waals surface area (Å²) in [5, 5.41) is 27.6. The zero-order valence-electron chi connectivity index (χ0n) is 23.0. The van der Waals surface area contributed by atoms with Crippen LogP contribution in [0.2, 0.25) is 0 Å². The maximum absolute atomic E-state index is 10.1. The van der Waals surface area contributed by atoms with Crippen molar-refractivity contribution in [3.05, 3.63) is 60.3 Å². The van der Waals surface area contributed by atoms with Gasteiger partial charge in [0.1, 0.15) is 24.2 Å². The molecule has 1 aliphatic rings. The van der Waals surface area contributed by atoms with E-state index in [0.717, 1.165) is 35.6 Å². The first-order valence-electron chi connectivity index (χ1n) is 13.1. The Morgan fingerprint density at radius 1 is 1.10 bits per heavy atom. The van der Waals surface area contributed by atoms with Crippen molar-refractivity contribution in [2.75, 3.05) is 29.9 Å². The lowest BCUT2D eigenvalue weighted by atomic mass is 9.86. The summed E-state index contributed by atoms with van der Waals surface area (Å²) >= 11 is 0. The molecule has 0 amide bonds. The number of aryl methyl sites for hydroxylation is 1. The molecular formula is C29H34N8O2. The molecule has 2 N–H and O–H groups in total. The zero-order valence-corrected chi connectivity index (χ0v) is 23.0. The summed E-state index contributed by atoms with van der Waals surface area (Å²) in [5.74, 6) is 2.83. The van der Waals surface area contributed by atoms with Crippen LogP contribution in [0, 0.1) is 30.1 Å². The maximum atomic E-state index is 10.1. The highest BCUT2D eigenvalue weighted by atomic mass is 16.5. The average Bonchev–Trinajstić information content (AvgIpc) is 3.33. The number of aliphatic hydroxyl groups is 1. The van der Waals surface area contributed by atoms with Crippen LogP contribution in [0.15, 0.2) is 49.2 Å². The Hall–Kier alpha value is -4.23. The third-order valence-corrected chi connectivity index (χ3v) is 7.00. The minimum absolute atomic E-state index is 0.124. The highest BCUT2D eigenvalue weighted by Gasteiger charge is 2.33. The maximum Gasteiger partial charge on any atom is 0.222 e. The molecule has 10 heteroatoms. The number of rotatable bonds is 7. The van der Waals surface area contributed by atoms with Crippen molar-refractivity contribution < 1.29 is 9.84 Å². The van der Waals surface area contributed by atoms with Crippen LogP contribution < -0.4 is 15.0 Å². The van der Waals surface area contributed by atoms with E-state index in [-0.39, 0.29) is 12.6 Å². The van der Waals surface area contributed by atoms with Crippen LogP contribution in [0.25, 0.3) is 16.6 Å². The number of pyridine rings is 2. The molecule has 0 bridgehead atoms. The lowest BCUT2D eigenvalue weighted by Crippen LogP contribution is -2.51. The van der Waals surface area contributed by atoms with Gasteiger partial charge < -0.3 is 20.1 Å². The molecule has 5 heterocycles. The predicted molar refractivity (Wildman–Crippen MR) is 150 cm³/mol. The SMILES string of the molecule is Cc1cnc(NC2[C@H](C)CN(c3ccc(-c4cc(OCC(C)(C)O)cn5ncc(C#N)c45)cn3)C[C@@H]2C)nc1. The first-order chi connectivity index (χ1) is 18.6. The molecule has 0 spiro atoms. The van der Waals surface area contributed by atoms with Gasteiger partial charge in [0.05, 0.1) is 29.1 Å². The summed E-state index contributed by atoms with van der Waals surface area (Å²) in [6, 6.07) is 8.40. The quantitative estimate of drug-likeness (QED) is 0.366. The smallest absolute Gasteiger partial charge is 0.222 e. The molecule has 5 rings (SSSR count). The highest BCUT2D eigenvalue weighted by Crippen LogP contribution is 2.33. The fourth-order valence-corrected chi connectivity index (χ4v) is 5.12. The van der Waals surface area contributed by atoms with Gasteiger partial charge in [-0.1, -0.05) is 13.8 Å². The molecule has 202 valence electrons. The van der Waals surface area contributed by atoms with Crippen LogP contribution in [0.4, 0.5) is 11.8 Å². The Balaban J connectivity index is 1.37. The molecule has 39 heavy (non-hydrogen) atoms. The third-order valence-electron chi connectivity index (χ3n) is 7.00.